The third-order valence-electron chi connectivity index (χ3n) is 5.23. The molecule has 2 aliphatic rings. The Hall–Kier alpha value is -2.38. The molecule has 2 heterocycles. The van der Waals surface area contributed by atoms with Crippen LogP contribution in [0, 0.1) is 0 Å². The van der Waals surface area contributed by atoms with Gasteiger partial charge >= 0.3 is 5.97 Å². The fraction of sp³-hybridized carbons (Fsp3) is 0.476. The van der Waals surface area contributed by atoms with Crippen molar-refractivity contribution in [3.8, 4) is 0 Å². The van der Waals surface area contributed by atoms with E-state index in [1.54, 1.807) is 36.9 Å². The molecule has 2 amide bonds. The van der Waals surface area contributed by atoms with Gasteiger partial charge in [0.2, 0.25) is 11.8 Å². The normalized spacial score (nSPS) is 20.1. The molecule has 0 N–H and O–H groups in total. The Morgan fingerprint density at radius 3 is 2.66 bits per heavy atom. The number of carbonyl (C=O) groups excluding carboxylic acids is 3. The fourth-order valence-corrected chi connectivity index (χ4v) is 3.93. The number of rotatable bonds is 5. The van der Waals surface area contributed by atoms with Gasteiger partial charge < -0.3 is 19.3 Å². The number of carbonyl (C=O) groups is 3. The second-order valence-electron chi connectivity index (χ2n) is 7.00. The number of hydrogen-bond acceptors (Lipinski definition) is 5. The lowest BCUT2D eigenvalue weighted by Crippen LogP contribution is -2.48. The smallest absolute Gasteiger partial charge is 0.336 e. The first-order valence-electron chi connectivity index (χ1n) is 9.71. The van der Waals surface area contributed by atoms with E-state index in [-0.39, 0.29) is 31.4 Å². The maximum Gasteiger partial charge on any atom is 0.336 e. The summed E-state index contributed by atoms with van der Waals surface area (Å²) < 4.78 is 10.5. The number of amides is 2. The zero-order valence-corrected chi connectivity index (χ0v) is 17.4. The minimum absolute atomic E-state index is 0.0716. The number of halogens is 1. The molecule has 0 aliphatic carbocycles. The number of allylic oxidation sites excluding steroid dienone is 1. The maximum absolute atomic E-state index is 12.9. The first kappa shape index (κ1) is 21.3. The Labute approximate surface area is 175 Å². The molecule has 0 unspecified atom stereocenters. The third kappa shape index (κ3) is 4.79. The van der Waals surface area contributed by atoms with Gasteiger partial charge in [-0.3, -0.25) is 9.59 Å². The van der Waals surface area contributed by atoms with Gasteiger partial charge in [-0.2, -0.15) is 0 Å². The summed E-state index contributed by atoms with van der Waals surface area (Å²) in [4.78, 5) is 41.4. The highest BCUT2D eigenvalue weighted by Gasteiger charge is 2.38. The van der Waals surface area contributed by atoms with Crippen LogP contribution in [-0.4, -0.2) is 67.0 Å². The van der Waals surface area contributed by atoms with Gasteiger partial charge in [0, 0.05) is 36.1 Å². The highest BCUT2D eigenvalue weighted by atomic mass is 35.5. The molecule has 2 aliphatic heterocycles. The lowest BCUT2D eigenvalue weighted by atomic mass is 9.83. The minimum atomic E-state index is -0.480. The van der Waals surface area contributed by atoms with Gasteiger partial charge in [0.25, 0.3) is 0 Å². The van der Waals surface area contributed by atoms with Crippen molar-refractivity contribution < 1.29 is 23.9 Å². The van der Waals surface area contributed by atoms with Gasteiger partial charge in [-0.05, 0) is 31.5 Å². The van der Waals surface area contributed by atoms with E-state index < -0.39 is 11.9 Å². The average molecular weight is 421 g/mol. The Morgan fingerprint density at radius 2 is 2.00 bits per heavy atom. The maximum atomic E-state index is 12.9. The highest BCUT2D eigenvalue weighted by molar-refractivity contribution is 6.30. The predicted molar refractivity (Wildman–Crippen MR) is 107 cm³/mol. The Bertz CT molecular complexity index is 832. The molecule has 0 radical (unpaired) electrons. The molecule has 1 fully saturated rings. The number of morpholine rings is 1. The molecule has 0 bridgehead atoms. The molecule has 156 valence electrons. The Morgan fingerprint density at radius 1 is 1.28 bits per heavy atom. The predicted octanol–water partition coefficient (Wildman–Crippen LogP) is 2.35. The van der Waals surface area contributed by atoms with Crippen molar-refractivity contribution in [2.75, 3.05) is 39.5 Å². The molecule has 8 heteroatoms. The monoisotopic (exact) mass is 420 g/mol. The van der Waals surface area contributed by atoms with Crippen LogP contribution >= 0.6 is 11.6 Å². The quantitative estimate of drug-likeness (QED) is 0.683. The molecular weight excluding hydrogens is 396 g/mol. The first-order chi connectivity index (χ1) is 13.9. The molecule has 3 rings (SSSR count). The average Bonchev–Trinajstić information content (AvgIpc) is 2.71. The number of hydrogen-bond donors (Lipinski definition) is 0. The van der Waals surface area contributed by atoms with Gasteiger partial charge in [0.05, 0.1) is 25.4 Å². The van der Waals surface area contributed by atoms with Gasteiger partial charge in [-0.25, -0.2) is 4.79 Å². The minimum Gasteiger partial charge on any atom is -0.463 e. The van der Waals surface area contributed by atoms with Gasteiger partial charge in [-0.1, -0.05) is 23.7 Å². The van der Waals surface area contributed by atoms with E-state index in [4.69, 9.17) is 21.1 Å². The lowest BCUT2D eigenvalue weighted by molar-refractivity contribution is -0.144. The Balaban J connectivity index is 1.93. The molecule has 1 aromatic carbocycles. The standard InChI is InChI=1S/C21H25ClN2O5/c1-3-29-21(27)20-14(2)24(13-19(26)23-7-9-28-10-8-23)18(25)12-17(20)15-5-4-6-16(22)11-15/h4-6,11,17H,3,7-10,12-13H2,1-2H3/t17-/m1/s1. The summed E-state index contributed by atoms with van der Waals surface area (Å²) in [6, 6.07) is 7.11. The van der Waals surface area contributed by atoms with Gasteiger partial charge in [0.1, 0.15) is 6.54 Å². The van der Waals surface area contributed by atoms with Crippen molar-refractivity contribution in [2.24, 2.45) is 0 Å². The van der Waals surface area contributed by atoms with E-state index in [1.807, 2.05) is 6.07 Å². The summed E-state index contributed by atoms with van der Waals surface area (Å²) in [5.41, 5.74) is 1.61. The van der Waals surface area contributed by atoms with E-state index in [0.717, 1.165) is 5.56 Å². The zero-order chi connectivity index (χ0) is 21.0. The van der Waals surface area contributed by atoms with Crippen LogP contribution in [0.4, 0.5) is 0 Å². The van der Waals surface area contributed by atoms with Gasteiger partial charge in [0.15, 0.2) is 0 Å². The van der Waals surface area contributed by atoms with E-state index in [2.05, 4.69) is 0 Å². The third-order valence-corrected chi connectivity index (χ3v) is 5.46. The van der Waals surface area contributed by atoms with Crippen molar-refractivity contribution in [3.63, 3.8) is 0 Å². The van der Waals surface area contributed by atoms with E-state index in [0.29, 0.717) is 42.6 Å². The summed E-state index contributed by atoms with van der Waals surface area (Å²) in [6.45, 7) is 5.51. The zero-order valence-electron chi connectivity index (χ0n) is 16.7. The molecular formula is C21H25ClN2O5. The molecule has 1 atom stereocenters. The van der Waals surface area contributed by atoms with E-state index in [9.17, 15) is 14.4 Å². The van der Waals surface area contributed by atoms with Crippen LogP contribution in [0.25, 0.3) is 0 Å². The van der Waals surface area contributed by atoms with Crippen molar-refractivity contribution in [3.05, 3.63) is 46.1 Å². The highest BCUT2D eigenvalue weighted by Crippen LogP contribution is 2.37. The number of ether oxygens (including phenoxy) is 2. The molecule has 7 nitrogen and oxygen atoms in total. The van der Waals surface area contributed by atoms with Crippen molar-refractivity contribution in [1.29, 1.82) is 0 Å². The topological polar surface area (TPSA) is 76.2 Å². The number of benzene rings is 1. The molecule has 0 saturated carbocycles. The van der Waals surface area contributed by atoms with E-state index >= 15 is 0 Å². The molecule has 0 spiro atoms. The summed E-state index contributed by atoms with van der Waals surface area (Å²) in [5, 5.41) is 0.528. The van der Waals surface area contributed by atoms with Gasteiger partial charge in [-0.15, -0.1) is 0 Å². The van der Waals surface area contributed by atoms with Crippen LogP contribution in [0.3, 0.4) is 0 Å². The molecule has 1 aromatic rings. The summed E-state index contributed by atoms with van der Waals surface area (Å²) >= 11 is 6.12. The summed E-state index contributed by atoms with van der Waals surface area (Å²) in [7, 11) is 0. The largest absolute Gasteiger partial charge is 0.463 e. The van der Waals surface area contributed by atoms with Crippen molar-refractivity contribution in [1.82, 2.24) is 9.80 Å². The van der Waals surface area contributed by atoms with Crippen LogP contribution < -0.4 is 0 Å². The molecule has 29 heavy (non-hydrogen) atoms. The lowest BCUT2D eigenvalue weighted by Gasteiger charge is -2.36. The van der Waals surface area contributed by atoms with Crippen LogP contribution in [0.15, 0.2) is 35.5 Å². The Kier molecular flexibility index (Phi) is 6.92. The first-order valence-corrected chi connectivity index (χ1v) is 10.1. The van der Waals surface area contributed by atoms with Crippen LogP contribution in [0.2, 0.25) is 5.02 Å². The van der Waals surface area contributed by atoms with E-state index in [1.165, 1.54) is 4.90 Å². The van der Waals surface area contributed by atoms with Crippen molar-refractivity contribution >= 4 is 29.4 Å². The summed E-state index contributed by atoms with van der Waals surface area (Å²) in [6.07, 6.45) is 0.0716. The van der Waals surface area contributed by atoms with Crippen LogP contribution in [0.1, 0.15) is 31.7 Å². The number of esters is 1. The van der Waals surface area contributed by atoms with Crippen LogP contribution in [-0.2, 0) is 23.9 Å². The molecule has 1 saturated heterocycles. The van der Waals surface area contributed by atoms with Crippen LogP contribution in [0.5, 0.6) is 0 Å². The molecule has 0 aromatic heterocycles. The second kappa shape index (κ2) is 9.41. The SMILES string of the molecule is CCOC(=O)C1=C(C)N(CC(=O)N2CCOCC2)C(=O)C[C@@H]1c1cccc(Cl)c1. The summed E-state index contributed by atoms with van der Waals surface area (Å²) in [5.74, 6) is -1.31. The fourth-order valence-electron chi connectivity index (χ4n) is 3.73. The number of nitrogens with zero attached hydrogens (tertiary/aromatic N) is 2. The second-order valence-corrected chi connectivity index (χ2v) is 7.44. The van der Waals surface area contributed by atoms with Crippen molar-refractivity contribution in [2.45, 2.75) is 26.2 Å².